The zero-order chi connectivity index (χ0) is 16.8. The van der Waals surface area contributed by atoms with Crippen molar-refractivity contribution in [2.75, 3.05) is 46.8 Å². The van der Waals surface area contributed by atoms with E-state index < -0.39 is 6.10 Å². The highest BCUT2D eigenvalue weighted by Gasteiger charge is 2.30. The molecule has 0 amide bonds. The van der Waals surface area contributed by atoms with Gasteiger partial charge in [0, 0.05) is 6.61 Å². The van der Waals surface area contributed by atoms with E-state index >= 15 is 0 Å². The second-order valence-corrected chi connectivity index (χ2v) is 4.39. The molecule has 134 valence electrons. The number of methoxy groups -OCH3 is 1. The molecule has 0 aliphatic carbocycles. The molecule has 0 N–H and O–H groups in total. The third kappa shape index (κ3) is 8.19. The van der Waals surface area contributed by atoms with Gasteiger partial charge in [0.1, 0.15) is 31.7 Å². The van der Waals surface area contributed by atoms with E-state index in [0.717, 1.165) is 0 Å². The first-order valence-electron chi connectivity index (χ1n) is 7.56. The third-order valence-corrected chi connectivity index (χ3v) is 2.79. The van der Waals surface area contributed by atoms with E-state index in [1.54, 1.807) is 6.08 Å². The number of allylic oxidation sites excluding steroid dienone is 1. The molecular weight excluding hydrogens is 308 g/mol. The Balaban J connectivity index is 2.56. The molecule has 2 atom stereocenters. The Morgan fingerprint density at radius 3 is 2.96 bits per heavy atom. The van der Waals surface area contributed by atoms with Crippen LogP contribution in [0.3, 0.4) is 0 Å². The molecule has 23 heavy (non-hydrogen) atoms. The summed E-state index contributed by atoms with van der Waals surface area (Å²) in [5.41, 5.74) is 0. The molecule has 0 saturated carbocycles. The third-order valence-electron chi connectivity index (χ3n) is 2.79. The fourth-order valence-corrected chi connectivity index (χ4v) is 1.78. The lowest BCUT2D eigenvalue weighted by molar-refractivity contribution is -0.272. The van der Waals surface area contributed by atoms with Gasteiger partial charge >= 0.3 is 0 Å². The van der Waals surface area contributed by atoms with Gasteiger partial charge in [-0.3, -0.25) is 0 Å². The lowest BCUT2D eigenvalue weighted by Gasteiger charge is -2.29. The normalized spacial score (nSPS) is 22.6. The quantitative estimate of drug-likeness (QED) is 0.245. The number of hydrogen-bond acceptors (Lipinski definition) is 8. The van der Waals surface area contributed by atoms with Crippen LogP contribution < -0.4 is 0 Å². The molecule has 0 aromatic rings. The minimum Gasteiger partial charge on any atom is -0.495 e. The molecule has 0 saturated heterocycles. The molecule has 1 heterocycles. The summed E-state index contributed by atoms with van der Waals surface area (Å²) in [6.45, 7) is 5.89. The zero-order valence-corrected chi connectivity index (χ0v) is 13.9. The second-order valence-electron chi connectivity index (χ2n) is 4.39. The van der Waals surface area contributed by atoms with Gasteiger partial charge in [0.25, 0.3) is 0 Å². The standard InChI is InChI=1S/C15H26O8/c1-4-6-20-21-9-7-18-14(11-17-5-2)15-13(16-3)12-23-22-10-8-19-15/h4,6,12,14-15H,5,7-11H2,1-3H3/b6-4-,13-12+. The summed E-state index contributed by atoms with van der Waals surface area (Å²) in [5.74, 6) is 0.459. The van der Waals surface area contributed by atoms with Crippen molar-refractivity contribution < 1.29 is 38.5 Å². The zero-order valence-electron chi connectivity index (χ0n) is 13.9. The van der Waals surface area contributed by atoms with Crippen molar-refractivity contribution in [3.63, 3.8) is 0 Å². The van der Waals surface area contributed by atoms with Crippen molar-refractivity contribution in [2.45, 2.75) is 26.1 Å². The number of hydrogen-bond donors (Lipinski definition) is 0. The second kappa shape index (κ2) is 13.1. The van der Waals surface area contributed by atoms with E-state index in [0.29, 0.717) is 38.8 Å². The fraction of sp³-hybridized carbons (Fsp3) is 0.733. The van der Waals surface area contributed by atoms with Crippen LogP contribution in [0.4, 0.5) is 0 Å². The molecular formula is C15H26O8. The Bertz CT molecular complexity index is 344. The van der Waals surface area contributed by atoms with Crippen molar-refractivity contribution >= 4 is 0 Å². The van der Waals surface area contributed by atoms with E-state index in [2.05, 4.69) is 0 Å². The van der Waals surface area contributed by atoms with Crippen LogP contribution in [0.1, 0.15) is 13.8 Å². The van der Waals surface area contributed by atoms with Crippen molar-refractivity contribution in [3.05, 3.63) is 24.4 Å². The highest BCUT2D eigenvalue weighted by molar-refractivity contribution is 5.01. The molecule has 0 spiro atoms. The average Bonchev–Trinajstić information content (AvgIpc) is 2.54. The molecule has 1 aliphatic rings. The lowest BCUT2D eigenvalue weighted by atomic mass is 10.1. The molecule has 1 rings (SSSR count). The Morgan fingerprint density at radius 2 is 2.22 bits per heavy atom. The molecule has 2 unspecified atom stereocenters. The van der Waals surface area contributed by atoms with E-state index in [-0.39, 0.29) is 12.7 Å². The predicted octanol–water partition coefficient (Wildman–Crippen LogP) is 1.72. The van der Waals surface area contributed by atoms with Gasteiger partial charge in [0.15, 0.2) is 12.0 Å². The summed E-state index contributed by atoms with van der Waals surface area (Å²) in [5, 5.41) is 0. The van der Waals surface area contributed by atoms with E-state index in [9.17, 15) is 0 Å². The summed E-state index contributed by atoms with van der Waals surface area (Å²) < 4.78 is 22.3. The minimum absolute atomic E-state index is 0.269. The van der Waals surface area contributed by atoms with Gasteiger partial charge in [-0.1, -0.05) is 0 Å². The maximum Gasteiger partial charge on any atom is 0.170 e. The van der Waals surface area contributed by atoms with Gasteiger partial charge in [-0.2, -0.15) is 9.78 Å². The van der Waals surface area contributed by atoms with Gasteiger partial charge < -0.3 is 28.7 Å². The lowest BCUT2D eigenvalue weighted by Crippen LogP contribution is -2.39. The highest BCUT2D eigenvalue weighted by Crippen LogP contribution is 2.18. The van der Waals surface area contributed by atoms with Crippen molar-refractivity contribution in [1.82, 2.24) is 0 Å². The van der Waals surface area contributed by atoms with Crippen LogP contribution in [0.25, 0.3) is 0 Å². The van der Waals surface area contributed by atoms with E-state index in [4.69, 9.17) is 38.5 Å². The summed E-state index contributed by atoms with van der Waals surface area (Å²) in [7, 11) is 1.53. The van der Waals surface area contributed by atoms with Gasteiger partial charge in [-0.05, 0) is 19.9 Å². The van der Waals surface area contributed by atoms with Crippen LogP contribution in [-0.4, -0.2) is 59.0 Å². The predicted molar refractivity (Wildman–Crippen MR) is 80.0 cm³/mol. The molecule has 8 nitrogen and oxygen atoms in total. The molecule has 8 heteroatoms. The summed E-state index contributed by atoms with van der Waals surface area (Å²) in [4.78, 5) is 19.5. The molecule has 0 bridgehead atoms. The van der Waals surface area contributed by atoms with Crippen LogP contribution in [0.5, 0.6) is 0 Å². The first-order chi connectivity index (χ1) is 11.3. The highest BCUT2D eigenvalue weighted by atomic mass is 17.2. The maximum absolute atomic E-state index is 5.80. The molecule has 1 aliphatic heterocycles. The van der Waals surface area contributed by atoms with Gasteiger partial charge in [-0.15, -0.1) is 0 Å². The largest absolute Gasteiger partial charge is 0.495 e. The molecule has 0 fully saturated rings. The fourth-order valence-electron chi connectivity index (χ4n) is 1.78. The molecule has 0 aromatic heterocycles. The smallest absolute Gasteiger partial charge is 0.170 e. The molecule has 0 radical (unpaired) electrons. The van der Waals surface area contributed by atoms with E-state index in [1.807, 2.05) is 13.8 Å². The Morgan fingerprint density at radius 1 is 1.35 bits per heavy atom. The Labute approximate surface area is 136 Å². The molecule has 0 aromatic carbocycles. The van der Waals surface area contributed by atoms with Gasteiger partial charge in [0.2, 0.25) is 0 Å². The summed E-state index contributed by atoms with van der Waals surface area (Å²) in [6, 6.07) is 0. The van der Waals surface area contributed by atoms with Crippen molar-refractivity contribution in [1.29, 1.82) is 0 Å². The van der Waals surface area contributed by atoms with Crippen molar-refractivity contribution in [2.24, 2.45) is 0 Å². The van der Waals surface area contributed by atoms with Crippen LogP contribution >= 0.6 is 0 Å². The van der Waals surface area contributed by atoms with Crippen molar-refractivity contribution in [3.8, 4) is 0 Å². The monoisotopic (exact) mass is 334 g/mol. The first-order valence-corrected chi connectivity index (χ1v) is 7.56. The first kappa shape index (κ1) is 19.7. The number of rotatable bonds is 11. The van der Waals surface area contributed by atoms with Gasteiger partial charge in [-0.25, -0.2) is 0 Å². The van der Waals surface area contributed by atoms with Crippen LogP contribution in [0.2, 0.25) is 0 Å². The Hall–Kier alpha value is -1.32. The van der Waals surface area contributed by atoms with Crippen LogP contribution in [0, 0.1) is 0 Å². The summed E-state index contributed by atoms with van der Waals surface area (Å²) >= 11 is 0. The average molecular weight is 334 g/mol. The Kier molecular flexibility index (Phi) is 11.3. The van der Waals surface area contributed by atoms with Crippen LogP contribution in [-0.2, 0) is 38.5 Å². The van der Waals surface area contributed by atoms with Gasteiger partial charge in [0.05, 0.1) is 26.9 Å². The topological polar surface area (TPSA) is 73.8 Å². The minimum atomic E-state index is -0.466. The maximum atomic E-state index is 5.80. The summed E-state index contributed by atoms with van der Waals surface area (Å²) in [6.07, 6.45) is 3.68. The van der Waals surface area contributed by atoms with E-state index in [1.165, 1.54) is 19.6 Å². The van der Waals surface area contributed by atoms with Crippen LogP contribution in [0.15, 0.2) is 24.4 Å². The SMILES string of the molecule is C/C=C\OOCCOC(COCC)C1OCCOO/C=C\1OC. The number of ether oxygens (including phenoxy) is 4.